The molecule has 0 aromatic heterocycles. The quantitative estimate of drug-likeness (QED) is 0.562. The van der Waals surface area contributed by atoms with Gasteiger partial charge in [-0.25, -0.2) is 0 Å². The second kappa shape index (κ2) is 11.8. The lowest BCUT2D eigenvalue weighted by Gasteiger charge is -2.20. The molecule has 0 heterocycles. The lowest BCUT2D eigenvalue weighted by Crippen LogP contribution is -2.37. The molecule has 0 saturated heterocycles. The molecule has 2 aromatic carbocycles. The number of aryl methyl sites for hydroxylation is 1. The van der Waals surface area contributed by atoms with Gasteiger partial charge < -0.3 is 19.7 Å². The molecule has 0 spiro atoms. The summed E-state index contributed by atoms with van der Waals surface area (Å²) in [6.07, 6.45) is 3.98. The molecule has 0 fully saturated rings. The van der Waals surface area contributed by atoms with Crippen LogP contribution in [0.15, 0.2) is 48.5 Å². The smallest absolute Gasteiger partial charge is 0.247 e. The largest absolute Gasteiger partial charge is 0.493 e. The molecule has 0 aliphatic carbocycles. The van der Waals surface area contributed by atoms with Crippen molar-refractivity contribution in [2.24, 2.45) is 0 Å². The fourth-order valence-corrected chi connectivity index (χ4v) is 3.03. The maximum absolute atomic E-state index is 12.7. The lowest BCUT2D eigenvalue weighted by molar-refractivity contribution is -0.130. The number of nitrogens with one attached hydrogen (secondary N) is 1. The summed E-state index contributed by atoms with van der Waals surface area (Å²) in [5.41, 5.74) is 2.54. The van der Waals surface area contributed by atoms with Crippen LogP contribution in [0.2, 0.25) is 0 Å². The van der Waals surface area contributed by atoms with Crippen LogP contribution in [-0.2, 0) is 9.59 Å². The Kier molecular flexibility index (Phi) is 9.13. The molecule has 0 bridgehead atoms. The SMILES string of the molecule is CCCN(CC(=O)Nc1ccccc1C)C(=O)/C=C/c1ccc(OC(C)C)c(OC)c1. The third-order valence-electron chi connectivity index (χ3n) is 4.53. The third-order valence-corrected chi connectivity index (χ3v) is 4.53. The van der Waals surface area contributed by atoms with Crippen LogP contribution in [0, 0.1) is 6.92 Å². The molecule has 6 heteroatoms. The Morgan fingerprint density at radius 2 is 1.87 bits per heavy atom. The zero-order valence-corrected chi connectivity index (χ0v) is 19.0. The van der Waals surface area contributed by atoms with Gasteiger partial charge in [-0.15, -0.1) is 0 Å². The molecule has 0 radical (unpaired) electrons. The van der Waals surface area contributed by atoms with E-state index in [-0.39, 0.29) is 24.5 Å². The van der Waals surface area contributed by atoms with Crippen LogP contribution in [0.3, 0.4) is 0 Å². The van der Waals surface area contributed by atoms with E-state index in [0.29, 0.717) is 18.0 Å². The van der Waals surface area contributed by atoms with Crippen LogP contribution < -0.4 is 14.8 Å². The highest BCUT2D eigenvalue weighted by molar-refractivity contribution is 5.98. The Morgan fingerprint density at radius 3 is 2.52 bits per heavy atom. The predicted octanol–water partition coefficient (Wildman–Crippen LogP) is 4.68. The standard InChI is InChI=1S/C25H32N2O4/c1-6-15-27(17-24(28)26-21-10-8-7-9-19(21)4)25(29)14-12-20-11-13-22(31-18(2)3)23(16-20)30-5/h7-14,16,18H,6,15,17H2,1-5H3,(H,26,28)/b14-12+. The van der Waals surface area contributed by atoms with Gasteiger partial charge >= 0.3 is 0 Å². The molecule has 6 nitrogen and oxygen atoms in total. The van der Waals surface area contributed by atoms with Gasteiger partial charge in [-0.1, -0.05) is 31.2 Å². The van der Waals surface area contributed by atoms with Crippen molar-refractivity contribution in [3.8, 4) is 11.5 Å². The van der Waals surface area contributed by atoms with Gasteiger partial charge in [0, 0.05) is 18.3 Å². The van der Waals surface area contributed by atoms with E-state index in [4.69, 9.17) is 9.47 Å². The first-order valence-electron chi connectivity index (χ1n) is 10.5. The van der Waals surface area contributed by atoms with Crippen molar-refractivity contribution in [1.82, 2.24) is 4.90 Å². The highest BCUT2D eigenvalue weighted by Gasteiger charge is 2.15. The maximum Gasteiger partial charge on any atom is 0.247 e. The van der Waals surface area contributed by atoms with E-state index in [0.717, 1.165) is 23.2 Å². The van der Waals surface area contributed by atoms with Crippen molar-refractivity contribution in [3.63, 3.8) is 0 Å². The average Bonchev–Trinajstić information content (AvgIpc) is 2.73. The Bertz CT molecular complexity index is 921. The molecule has 0 aliphatic heterocycles. The summed E-state index contributed by atoms with van der Waals surface area (Å²) in [4.78, 5) is 26.7. The lowest BCUT2D eigenvalue weighted by atomic mass is 10.1. The van der Waals surface area contributed by atoms with E-state index in [9.17, 15) is 9.59 Å². The first-order valence-corrected chi connectivity index (χ1v) is 10.5. The van der Waals surface area contributed by atoms with Gasteiger partial charge in [0.2, 0.25) is 11.8 Å². The van der Waals surface area contributed by atoms with E-state index in [1.807, 2.05) is 70.2 Å². The number of anilines is 1. The number of carbonyl (C=O) groups excluding carboxylic acids is 2. The van der Waals surface area contributed by atoms with Crippen molar-refractivity contribution in [2.45, 2.75) is 40.2 Å². The number of benzene rings is 2. The number of amides is 2. The number of nitrogens with zero attached hydrogens (tertiary/aromatic N) is 1. The molecule has 1 N–H and O–H groups in total. The van der Waals surface area contributed by atoms with Crippen molar-refractivity contribution < 1.29 is 19.1 Å². The Balaban J connectivity index is 2.06. The number of hydrogen-bond acceptors (Lipinski definition) is 4. The minimum atomic E-state index is -0.221. The monoisotopic (exact) mass is 424 g/mol. The van der Waals surface area contributed by atoms with E-state index in [1.54, 1.807) is 13.2 Å². The molecule has 0 unspecified atom stereocenters. The fraction of sp³-hybridized carbons (Fsp3) is 0.360. The maximum atomic E-state index is 12.7. The van der Waals surface area contributed by atoms with Crippen LogP contribution in [0.1, 0.15) is 38.3 Å². The van der Waals surface area contributed by atoms with Gasteiger partial charge in [-0.05, 0) is 62.6 Å². The number of rotatable bonds is 10. The highest BCUT2D eigenvalue weighted by atomic mass is 16.5. The van der Waals surface area contributed by atoms with E-state index < -0.39 is 0 Å². The van der Waals surface area contributed by atoms with Crippen LogP contribution in [0.25, 0.3) is 6.08 Å². The normalized spacial score (nSPS) is 10.9. The second-order valence-electron chi connectivity index (χ2n) is 7.53. The molecule has 2 amide bonds. The van der Waals surface area contributed by atoms with Crippen molar-refractivity contribution in [2.75, 3.05) is 25.5 Å². The van der Waals surface area contributed by atoms with Gasteiger partial charge in [-0.2, -0.15) is 0 Å². The van der Waals surface area contributed by atoms with Crippen LogP contribution in [0.4, 0.5) is 5.69 Å². The Morgan fingerprint density at radius 1 is 1.13 bits per heavy atom. The molecular weight excluding hydrogens is 392 g/mol. The van der Waals surface area contributed by atoms with E-state index >= 15 is 0 Å². The van der Waals surface area contributed by atoms with Crippen molar-refractivity contribution >= 4 is 23.6 Å². The molecule has 2 rings (SSSR count). The van der Waals surface area contributed by atoms with E-state index in [2.05, 4.69) is 5.32 Å². The Labute approximate surface area is 184 Å². The third kappa shape index (κ3) is 7.48. The summed E-state index contributed by atoms with van der Waals surface area (Å²) < 4.78 is 11.1. The predicted molar refractivity (Wildman–Crippen MR) is 124 cm³/mol. The molecule has 0 aliphatic rings. The van der Waals surface area contributed by atoms with Crippen LogP contribution in [-0.4, -0.2) is 43.0 Å². The summed E-state index contributed by atoms with van der Waals surface area (Å²) in [6.45, 7) is 8.29. The molecular formula is C25H32N2O4. The van der Waals surface area contributed by atoms with Gasteiger partial charge in [0.05, 0.1) is 13.2 Å². The summed E-state index contributed by atoms with van der Waals surface area (Å²) >= 11 is 0. The van der Waals surface area contributed by atoms with Crippen molar-refractivity contribution in [3.05, 3.63) is 59.7 Å². The summed E-state index contributed by atoms with van der Waals surface area (Å²) in [6, 6.07) is 13.1. The van der Waals surface area contributed by atoms with Gasteiger partial charge in [-0.3, -0.25) is 9.59 Å². The number of hydrogen-bond donors (Lipinski definition) is 1. The number of carbonyl (C=O) groups is 2. The van der Waals surface area contributed by atoms with Gasteiger partial charge in [0.25, 0.3) is 0 Å². The van der Waals surface area contributed by atoms with Gasteiger partial charge in [0.15, 0.2) is 11.5 Å². The molecule has 166 valence electrons. The van der Waals surface area contributed by atoms with E-state index in [1.165, 1.54) is 11.0 Å². The topological polar surface area (TPSA) is 67.9 Å². The average molecular weight is 425 g/mol. The fourth-order valence-electron chi connectivity index (χ4n) is 3.03. The minimum Gasteiger partial charge on any atom is -0.493 e. The molecule has 0 saturated carbocycles. The van der Waals surface area contributed by atoms with Crippen LogP contribution >= 0.6 is 0 Å². The first kappa shape index (κ1) is 24.0. The first-order chi connectivity index (χ1) is 14.8. The molecule has 0 atom stereocenters. The number of para-hydroxylation sites is 1. The summed E-state index contributed by atoms with van der Waals surface area (Å²) in [5.74, 6) is 0.817. The minimum absolute atomic E-state index is 0.00413. The summed E-state index contributed by atoms with van der Waals surface area (Å²) in [7, 11) is 1.58. The molecule has 2 aromatic rings. The van der Waals surface area contributed by atoms with Crippen LogP contribution in [0.5, 0.6) is 11.5 Å². The molecule has 31 heavy (non-hydrogen) atoms. The van der Waals surface area contributed by atoms with Crippen molar-refractivity contribution in [1.29, 1.82) is 0 Å². The second-order valence-corrected chi connectivity index (χ2v) is 7.53. The number of methoxy groups -OCH3 is 1. The van der Waals surface area contributed by atoms with Gasteiger partial charge in [0.1, 0.15) is 6.54 Å². The Hall–Kier alpha value is -3.28. The zero-order chi connectivity index (χ0) is 22.8. The summed E-state index contributed by atoms with van der Waals surface area (Å²) in [5, 5.41) is 2.88. The number of ether oxygens (including phenoxy) is 2. The highest BCUT2D eigenvalue weighted by Crippen LogP contribution is 2.29. The zero-order valence-electron chi connectivity index (χ0n) is 19.0.